The highest BCUT2D eigenvalue weighted by Crippen LogP contribution is 2.36. The summed E-state index contributed by atoms with van der Waals surface area (Å²) in [5, 5.41) is 0. The Balaban J connectivity index is 1.44. The zero-order chi connectivity index (χ0) is 20.2. The lowest BCUT2D eigenvalue weighted by atomic mass is 10.2. The minimum atomic E-state index is -0.0924. The number of rotatable bonds is 5. The van der Waals surface area contributed by atoms with Gasteiger partial charge in [0.2, 0.25) is 0 Å². The van der Waals surface area contributed by atoms with Crippen LogP contribution in [0.4, 0.5) is 5.69 Å². The van der Waals surface area contributed by atoms with Crippen molar-refractivity contribution in [2.75, 3.05) is 4.90 Å². The zero-order valence-electron chi connectivity index (χ0n) is 15.2. The minimum Gasteiger partial charge on any atom is -0.489 e. The molecular weight excluding hydrogens is 513 g/mol. The number of hydrogen-bond donors (Lipinski definition) is 0. The van der Waals surface area contributed by atoms with Crippen LogP contribution in [0.1, 0.15) is 11.1 Å². The molecule has 0 atom stereocenters. The van der Waals surface area contributed by atoms with Crippen molar-refractivity contribution in [1.29, 1.82) is 0 Å². The molecule has 0 unspecified atom stereocenters. The number of halogens is 1. The maximum atomic E-state index is 12.8. The van der Waals surface area contributed by atoms with Crippen molar-refractivity contribution < 1.29 is 9.53 Å². The Hall–Kier alpha value is -2.16. The summed E-state index contributed by atoms with van der Waals surface area (Å²) in [5.41, 5.74) is 2.84. The van der Waals surface area contributed by atoms with Gasteiger partial charge < -0.3 is 4.74 Å². The molecule has 1 fully saturated rings. The lowest BCUT2D eigenvalue weighted by Crippen LogP contribution is -2.27. The lowest BCUT2D eigenvalue weighted by molar-refractivity contribution is -0.113. The minimum absolute atomic E-state index is 0.0924. The van der Waals surface area contributed by atoms with E-state index in [0.717, 1.165) is 22.6 Å². The first-order valence-electron chi connectivity index (χ1n) is 8.90. The molecule has 0 aliphatic carbocycles. The third-order valence-electron chi connectivity index (χ3n) is 4.30. The van der Waals surface area contributed by atoms with Crippen LogP contribution in [0.25, 0.3) is 6.08 Å². The van der Waals surface area contributed by atoms with E-state index in [1.54, 1.807) is 4.90 Å². The molecule has 4 rings (SSSR count). The van der Waals surface area contributed by atoms with Crippen LogP contribution < -0.4 is 9.64 Å². The summed E-state index contributed by atoms with van der Waals surface area (Å²) in [6.07, 6.45) is 1.87. The van der Waals surface area contributed by atoms with Crippen LogP contribution in [0.5, 0.6) is 5.75 Å². The number of amides is 1. The fourth-order valence-electron chi connectivity index (χ4n) is 2.83. The van der Waals surface area contributed by atoms with Crippen molar-refractivity contribution in [1.82, 2.24) is 0 Å². The predicted octanol–water partition coefficient (Wildman–Crippen LogP) is 6.28. The second kappa shape index (κ2) is 9.11. The molecule has 144 valence electrons. The van der Waals surface area contributed by atoms with Gasteiger partial charge in [-0.05, 0) is 76.2 Å². The third-order valence-corrected chi connectivity index (χ3v) is 6.33. The van der Waals surface area contributed by atoms with Gasteiger partial charge >= 0.3 is 0 Å². The average Bonchev–Trinajstić information content (AvgIpc) is 3.02. The number of hydrogen-bond acceptors (Lipinski definition) is 4. The molecule has 1 heterocycles. The summed E-state index contributed by atoms with van der Waals surface area (Å²) < 4.78 is 7.59. The first kappa shape index (κ1) is 20.1. The Labute approximate surface area is 192 Å². The van der Waals surface area contributed by atoms with Gasteiger partial charge in [-0.15, -0.1) is 0 Å². The van der Waals surface area contributed by atoms with E-state index < -0.39 is 0 Å². The van der Waals surface area contributed by atoms with E-state index in [0.29, 0.717) is 15.8 Å². The van der Waals surface area contributed by atoms with Crippen molar-refractivity contribution >= 4 is 68.6 Å². The summed E-state index contributed by atoms with van der Waals surface area (Å²) >= 11 is 9.01. The van der Waals surface area contributed by atoms with Crippen LogP contribution in [0, 0.1) is 3.57 Å². The second-order valence-electron chi connectivity index (χ2n) is 6.34. The Morgan fingerprint density at radius 1 is 0.966 bits per heavy atom. The van der Waals surface area contributed by atoms with E-state index in [9.17, 15) is 4.79 Å². The maximum Gasteiger partial charge on any atom is 0.270 e. The number of nitrogens with zero attached hydrogens (tertiary/aromatic N) is 1. The van der Waals surface area contributed by atoms with E-state index in [1.807, 2.05) is 60.7 Å². The van der Waals surface area contributed by atoms with Gasteiger partial charge in [-0.25, -0.2) is 0 Å². The third kappa shape index (κ3) is 4.88. The molecule has 1 aliphatic heterocycles. The van der Waals surface area contributed by atoms with Crippen molar-refractivity contribution in [3.05, 3.63) is 98.5 Å². The molecule has 0 radical (unpaired) electrons. The maximum absolute atomic E-state index is 12.8. The van der Waals surface area contributed by atoms with Gasteiger partial charge in [0.25, 0.3) is 5.91 Å². The highest BCUT2D eigenvalue weighted by molar-refractivity contribution is 14.1. The predicted molar refractivity (Wildman–Crippen MR) is 132 cm³/mol. The van der Waals surface area contributed by atoms with Gasteiger partial charge in [0.1, 0.15) is 12.4 Å². The van der Waals surface area contributed by atoms with E-state index in [1.165, 1.54) is 15.3 Å². The number of thioether (sulfide) groups is 1. The molecule has 0 aromatic heterocycles. The van der Waals surface area contributed by atoms with E-state index >= 15 is 0 Å². The monoisotopic (exact) mass is 529 g/mol. The molecule has 3 aromatic carbocycles. The van der Waals surface area contributed by atoms with Crippen LogP contribution in [0.3, 0.4) is 0 Å². The first-order valence-corrected chi connectivity index (χ1v) is 11.2. The van der Waals surface area contributed by atoms with Crippen LogP contribution >= 0.6 is 46.6 Å². The zero-order valence-corrected chi connectivity index (χ0v) is 19.0. The number of ether oxygens (including phenoxy) is 1. The molecule has 0 saturated carbocycles. The Kier molecular flexibility index (Phi) is 6.32. The van der Waals surface area contributed by atoms with Crippen molar-refractivity contribution in [2.45, 2.75) is 6.61 Å². The first-order chi connectivity index (χ1) is 14.1. The number of benzene rings is 3. The SMILES string of the molecule is O=C1/C(=C\c2ccc(OCc3ccc(I)cc3)cc2)SC(=S)N1c1ccccc1. The van der Waals surface area contributed by atoms with Gasteiger partial charge in [0.15, 0.2) is 4.32 Å². The standard InChI is InChI=1S/C23H16INO2S2/c24-18-10-6-17(7-11-18)15-27-20-12-8-16(9-13-20)14-21-22(26)25(23(28)29-21)19-4-2-1-3-5-19/h1-14H,15H2/b21-14+. The molecular formula is C23H16INO2S2. The number of thiocarbonyl (C=S) groups is 1. The van der Waals surface area contributed by atoms with E-state index in [-0.39, 0.29) is 5.91 Å². The van der Waals surface area contributed by atoms with Gasteiger partial charge in [-0.2, -0.15) is 0 Å². The number of carbonyl (C=O) groups is 1. The number of anilines is 1. The molecule has 0 spiro atoms. The molecule has 0 N–H and O–H groups in total. The number of carbonyl (C=O) groups excluding carboxylic acids is 1. The van der Waals surface area contributed by atoms with Crippen molar-refractivity contribution in [2.24, 2.45) is 0 Å². The highest BCUT2D eigenvalue weighted by atomic mass is 127. The topological polar surface area (TPSA) is 29.5 Å². The Morgan fingerprint density at radius 2 is 1.66 bits per heavy atom. The molecule has 1 saturated heterocycles. The summed E-state index contributed by atoms with van der Waals surface area (Å²) in [6.45, 7) is 0.520. The smallest absolute Gasteiger partial charge is 0.270 e. The summed E-state index contributed by atoms with van der Waals surface area (Å²) in [7, 11) is 0. The molecule has 1 aliphatic rings. The molecule has 1 amide bonds. The largest absolute Gasteiger partial charge is 0.489 e. The van der Waals surface area contributed by atoms with Crippen LogP contribution in [0.2, 0.25) is 0 Å². The summed E-state index contributed by atoms with van der Waals surface area (Å²) in [5.74, 6) is 0.697. The van der Waals surface area contributed by atoms with E-state index in [4.69, 9.17) is 17.0 Å². The normalized spacial score (nSPS) is 15.2. The Morgan fingerprint density at radius 3 is 2.34 bits per heavy atom. The summed E-state index contributed by atoms with van der Waals surface area (Å²) in [4.78, 5) is 15.0. The number of para-hydroxylation sites is 1. The van der Waals surface area contributed by atoms with E-state index in [2.05, 4.69) is 46.9 Å². The van der Waals surface area contributed by atoms with Crippen LogP contribution in [-0.4, -0.2) is 10.2 Å². The van der Waals surface area contributed by atoms with Gasteiger partial charge in [-0.3, -0.25) is 9.69 Å². The highest BCUT2D eigenvalue weighted by Gasteiger charge is 2.33. The van der Waals surface area contributed by atoms with Gasteiger partial charge in [-0.1, -0.05) is 66.4 Å². The molecule has 6 heteroatoms. The van der Waals surface area contributed by atoms with Gasteiger partial charge in [0.05, 0.1) is 10.6 Å². The average molecular weight is 529 g/mol. The Bertz CT molecular complexity index is 1060. The molecule has 0 bridgehead atoms. The fourth-order valence-corrected chi connectivity index (χ4v) is 4.48. The van der Waals surface area contributed by atoms with Crippen molar-refractivity contribution in [3.8, 4) is 5.75 Å². The lowest BCUT2D eigenvalue weighted by Gasteiger charge is -2.13. The molecule has 3 nitrogen and oxygen atoms in total. The molecule has 29 heavy (non-hydrogen) atoms. The quantitative estimate of drug-likeness (QED) is 0.221. The molecule has 3 aromatic rings. The van der Waals surface area contributed by atoms with Gasteiger partial charge in [0, 0.05) is 3.57 Å². The van der Waals surface area contributed by atoms with Crippen molar-refractivity contribution in [3.63, 3.8) is 0 Å². The fraction of sp³-hybridized carbons (Fsp3) is 0.0435. The second-order valence-corrected chi connectivity index (χ2v) is 9.26. The summed E-state index contributed by atoms with van der Waals surface area (Å²) in [6, 6.07) is 25.4. The van der Waals surface area contributed by atoms with Crippen LogP contribution in [-0.2, 0) is 11.4 Å². The van der Waals surface area contributed by atoms with Crippen LogP contribution in [0.15, 0.2) is 83.8 Å².